The maximum Gasteiger partial charge on any atom is 0.0366 e. The fourth-order valence-electron chi connectivity index (χ4n) is 10.8. The molecule has 0 aromatic heterocycles. The molecule has 1 aromatic carbocycles. The average Bonchev–Trinajstić information content (AvgIpc) is 3.66. The third-order valence-corrected chi connectivity index (χ3v) is 13.6. The Morgan fingerprint density at radius 2 is 1.76 bits per heavy atom. The number of hydrogen-bond donors (Lipinski definition) is 2. The van der Waals surface area contributed by atoms with Gasteiger partial charge in [0.25, 0.3) is 0 Å². The summed E-state index contributed by atoms with van der Waals surface area (Å²) in [4.78, 5) is 2.84. The van der Waals surface area contributed by atoms with Gasteiger partial charge in [-0.3, -0.25) is 0 Å². The van der Waals surface area contributed by atoms with Gasteiger partial charge in [-0.05, 0) is 153 Å². The maximum absolute atomic E-state index is 7.71. The molecule has 1 saturated carbocycles. The van der Waals surface area contributed by atoms with Gasteiger partial charge in [-0.2, -0.15) is 0 Å². The average molecular weight is 668 g/mol. The number of nitrogens with one attached hydrogen (secondary N) is 2. The van der Waals surface area contributed by atoms with E-state index in [4.69, 9.17) is 5.41 Å². The first-order chi connectivity index (χ1) is 24.6. The highest BCUT2D eigenvalue weighted by atomic mass is 15.1. The standard InChI is InChI=1S/C47H61N3/c1-4-35(27-28-48)47-29-38(30-49-47)37-24-23-33(2)34(3)40-19-11-12-20-42(40)46(32-50(31-37)39-17-9-6-10-18-39)45-26-25-41(36-15-7-5-8-16-36)43-21-13-14-22-44(43)45/h4-7,9-10,14-15,17-18,22-23,27-28,34,37-38,40,42,46-49H,1,8,11-13,16,19-21,24-26,29-32H2,2-3H3/b33-23+,35-27+,48-28?. The van der Waals surface area contributed by atoms with Crippen molar-refractivity contribution in [3.63, 3.8) is 0 Å². The summed E-state index contributed by atoms with van der Waals surface area (Å²) in [6.07, 6.45) is 34.9. The van der Waals surface area contributed by atoms with Crippen molar-refractivity contribution in [1.82, 2.24) is 5.32 Å². The SMILES string of the molecule is C=C/C(=C\C=N)C1CC(C2C/C=C(\C)C(C)C3CCCCC3C(C3=C4C=CCCC4=C(C4=CC=CCC4)CC3)CN(c3ccccc3)C2)CN1. The zero-order valence-corrected chi connectivity index (χ0v) is 30.9. The first-order valence-corrected chi connectivity index (χ1v) is 20.1. The Morgan fingerprint density at radius 3 is 2.54 bits per heavy atom. The lowest BCUT2D eigenvalue weighted by Gasteiger charge is -2.45. The molecule has 7 atom stereocenters. The topological polar surface area (TPSA) is 39.1 Å². The number of fused-ring (bicyclic) bond motifs is 2. The van der Waals surface area contributed by atoms with Crippen molar-refractivity contribution in [2.24, 2.45) is 35.5 Å². The molecule has 0 spiro atoms. The Labute approximate surface area is 303 Å². The van der Waals surface area contributed by atoms with Gasteiger partial charge in [0.2, 0.25) is 0 Å². The molecule has 1 saturated heterocycles. The van der Waals surface area contributed by atoms with Crippen LogP contribution in [0.1, 0.15) is 90.9 Å². The van der Waals surface area contributed by atoms with Crippen molar-refractivity contribution in [3.05, 3.63) is 125 Å². The molecular formula is C47H61N3. The number of para-hydroxylation sites is 1. The monoisotopic (exact) mass is 667 g/mol. The van der Waals surface area contributed by atoms with Crippen LogP contribution in [0.5, 0.6) is 0 Å². The van der Waals surface area contributed by atoms with Gasteiger partial charge in [0.1, 0.15) is 0 Å². The van der Waals surface area contributed by atoms with Gasteiger partial charge in [0.15, 0.2) is 0 Å². The zero-order chi connectivity index (χ0) is 34.5. The summed E-state index contributed by atoms with van der Waals surface area (Å²) in [6.45, 7) is 12.3. The van der Waals surface area contributed by atoms with Gasteiger partial charge in [-0.25, -0.2) is 0 Å². The van der Waals surface area contributed by atoms with Crippen LogP contribution in [0.4, 0.5) is 5.69 Å². The molecule has 0 bridgehead atoms. The van der Waals surface area contributed by atoms with Crippen molar-refractivity contribution in [2.75, 3.05) is 24.5 Å². The number of rotatable bonds is 7. The number of benzene rings is 1. The molecule has 0 radical (unpaired) electrons. The van der Waals surface area contributed by atoms with Crippen molar-refractivity contribution in [3.8, 4) is 0 Å². The Balaban J connectivity index is 1.32. The summed E-state index contributed by atoms with van der Waals surface area (Å²) in [5, 5.41) is 11.6. The van der Waals surface area contributed by atoms with E-state index in [2.05, 4.69) is 97.4 Å². The summed E-state index contributed by atoms with van der Waals surface area (Å²) in [5.74, 6) is 3.74. The Kier molecular flexibility index (Phi) is 11.4. The highest BCUT2D eigenvalue weighted by Crippen LogP contribution is 2.50. The third-order valence-electron chi connectivity index (χ3n) is 13.6. The van der Waals surface area contributed by atoms with Gasteiger partial charge >= 0.3 is 0 Å². The molecule has 6 aliphatic rings. The van der Waals surface area contributed by atoms with Crippen LogP contribution in [0.25, 0.3) is 0 Å². The second kappa shape index (κ2) is 16.3. The Morgan fingerprint density at radius 1 is 0.940 bits per heavy atom. The van der Waals surface area contributed by atoms with Crippen LogP contribution in [0.3, 0.4) is 0 Å². The summed E-state index contributed by atoms with van der Waals surface area (Å²) in [5.41, 5.74) is 12.5. The van der Waals surface area contributed by atoms with E-state index in [1.165, 1.54) is 76.1 Å². The highest BCUT2D eigenvalue weighted by molar-refractivity contribution is 5.70. The van der Waals surface area contributed by atoms with Gasteiger partial charge in [-0.15, -0.1) is 0 Å². The van der Waals surface area contributed by atoms with E-state index in [0.29, 0.717) is 29.6 Å². The quantitative estimate of drug-likeness (QED) is 0.173. The molecule has 264 valence electrons. The largest absolute Gasteiger partial charge is 0.371 e. The minimum atomic E-state index is 0.281. The first-order valence-electron chi connectivity index (χ1n) is 20.1. The molecule has 2 aliphatic heterocycles. The van der Waals surface area contributed by atoms with Gasteiger partial charge in [-0.1, -0.05) is 98.2 Å². The van der Waals surface area contributed by atoms with E-state index in [0.717, 1.165) is 44.0 Å². The zero-order valence-electron chi connectivity index (χ0n) is 30.9. The van der Waals surface area contributed by atoms with Crippen LogP contribution in [-0.2, 0) is 0 Å². The molecule has 3 heteroatoms. The van der Waals surface area contributed by atoms with Gasteiger partial charge in [0, 0.05) is 37.0 Å². The van der Waals surface area contributed by atoms with E-state index in [9.17, 15) is 0 Å². The molecule has 3 nitrogen and oxygen atoms in total. The summed E-state index contributed by atoms with van der Waals surface area (Å²) in [7, 11) is 0. The van der Waals surface area contributed by atoms with Gasteiger partial charge < -0.3 is 15.6 Å². The van der Waals surface area contributed by atoms with E-state index in [1.54, 1.807) is 33.4 Å². The molecule has 0 amide bonds. The van der Waals surface area contributed by atoms with Crippen LogP contribution in [-0.4, -0.2) is 31.9 Å². The summed E-state index contributed by atoms with van der Waals surface area (Å²) >= 11 is 0. The molecule has 7 rings (SSSR count). The Bertz CT molecular complexity index is 1610. The van der Waals surface area contributed by atoms with E-state index < -0.39 is 0 Å². The molecular weight excluding hydrogens is 607 g/mol. The van der Waals surface area contributed by atoms with E-state index >= 15 is 0 Å². The fourth-order valence-corrected chi connectivity index (χ4v) is 10.8. The lowest BCUT2D eigenvalue weighted by atomic mass is 9.62. The number of nitrogens with zero attached hydrogens (tertiary/aromatic N) is 1. The van der Waals surface area contributed by atoms with Crippen molar-refractivity contribution in [1.29, 1.82) is 5.41 Å². The van der Waals surface area contributed by atoms with Crippen LogP contribution in [0.15, 0.2) is 125 Å². The molecule has 2 N–H and O–H groups in total. The van der Waals surface area contributed by atoms with Crippen LogP contribution in [0.2, 0.25) is 0 Å². The molecule has 7 unspecified atom stereocenters. The fraction of sp³-hybridized carbons (Fsp3) is 0.511. The minimum Gasteiger partial charge on any atom is -0.371 e. The van der Waals surface area contributed by atoms with Crippen LogP contribution in [0, 0.1) is 40.9 Å². The maximum atomic E-state index is 7.71. The first kappa shape index (κ1) is 35.0. The predicted molar refractivity (Wildman–Crippen MR) is 214 cm³/mol. The minimum absolute atomic E-state index is 0.281. The third kappa shape index (κ3) is 7.45. The number of hydrogen-bond acceptors (Lipinski definition) is 3. The smallest absolute Gasteiger partial charge is 0.0366 e. The summed E-state index contributed by atoms with van der Waals surface area (Å²) in [6, 6.07) is 11.7. The number of allylic oxidation sites excluding steroid dienone is 12. The summed E-state index contributed by atoms with van der Waals surface area (Å²) < 4.78 is 0. The van der Waals surface area contributed by atoms with Crippen LogP contribution >= 0.6 is 0 Å². The molecule has 2 fully saturated rings. The molecule has 2 heterocycles. The van der Waals surface area contributed by atoms with Crippen molar-refractivity contribution >= 4 is 11.9 Å². The predicted octanol–water partition coefficient (Wildman–Crippen LogP) is 11.3. The second-order valence-electron chi connectivity index (χ2n) is 16.2. The normalized spacial score (nSPS) is 33.5. The van der Waals surface area contributed by atoms with E-state index in [1.807, 2.05) is 12.2 Å². The lowest BCUT2D eigenvalue weighted by Crippen LogP contribution is -2.42. The second-order valence-corrected chi connectivity index (χ2v) is 16.2. The van der Waals surface area contributed by atoms with E-state index in [-0.39, 0.29) is 6.04 Å². The van der Waals surface area contributed by atoms with Crippen LogP contribution < -0.4 is 10.2 Å². The highest BCUT2D eigenvalue weighted by Gasteiger charge is 2.41. The number of anilines is 1. The van der Waals surface area contributed by atoms with Gasteiger partial charge in [0.05, 0.1) is 0 Å². The van der Waals surface area contributed by atoms with Crippen molar-refractivity contribution < 1.29 is 0 Å². The van der Waals surface area contributed by atoms with Crippen molar-refractivity contribution in [2.45, 2.75) is 96.9 Å². The lowest BCUT2D eigenvalue weighted by molar-refractivity contribution is 0.141. The molecule has 1 aromatic rings. The molecule has 4 aliphatic carbocycles. The molecule has 50 heavy (non-hydrogen) atoms. The Hall–Kier alpha value is -3.43.